The summed E-state index contributed by atoms with van der Waals surface area (Å²) in [6.45, 7) is 1.89. The number of likely N-dealkylation sites (N-methyl/N-ethyl adjacent to an activating group) is 1. The van der Waals surface area contributed by atoms with Gasteiger partial charge in [-0.05, 0) is 42.4 Å². The first-order chi connectivity index (χ1) is 13.1. The molecule has 6 heteroatoms. The SMILES string of the molecule is CN1C[C@@H](c2c[nH]c3cc(Br)ccc23)NC[C@@H]1c1c[nH]c2cc(Br)ccc12. The lowest BCUT2D eigenvalue weighted by Gasteiger charge is -2.38. The molecule has 138 valence electrons. The second-order valence-electron chi connectivity index (χ2n) is 7.28. The molecule has 0 amide bonds. The van der Waals surface area contributed by atoms with Gasteiger partial charge < -0.3 is 15.3 Å². The zero-order chi connectivity index (χ0) is 18.5. The number of nitrogens with zero attached hydrogens (tertiary/aromatic N) is 1. The van der Waals surface area contributed by atoms with Crippen molar-refractivity contribution in [3.8, 4) is 0 Å². The third kappa shape index (κ3) is 3.05. The number of rotatable bonds is 2. The van der Waals surface area contributed by atoms with Crippen molar-refractivity contribution < 1.29 is 0 Å². The monoisotopic (exact) mass is 486 g/mol. The molecular formula is C21H20Br2N4. The summed E-state index contributed by atoms with van der Waals surface area (Å²) < 4.78 is 2.20. The summed E-state index contributed by atoms with van der Waals surface area (Å²) in [6.07, 6.45) is 4.30. The minimum Gasteiger partial charge on any atom is -0.361 e. The molecule has 0 aliphatic carbocycles. The van der Waals surface area contributed by atoms with Crippen molar-refractivity contribution in [1.82, 2.24) is 20.2 Å². The number of aromatic amines is 2. The van der Waals surface area contributed by atoms with E-state index in [9.17, 15) is 0 Å². The lowest BCUT2D eigenvalue weighted by molar-refractivity contribution is 0.166. The number of hydrogen-bond acceptors (Lipinski definition) is 2. The maximum atomic E-state index is 3.78. The van der Waals surface area contributed by atoms with Gasteiger partial charge in [0, 0.05) is 68.3 Å². The average molecular weight is 488 g/mol. The molecule has 0 spiro atoms. The van der Waals surface area contributed by atoms with Crippen molar-refractivity contribution in [2.45, 2.75) is 12.1 Å². The van der Waals surface area contributed by atoms with Crippen molar-refractivity contribution in [2.24, 2.45) is 0 Å². The molecule has 3 heterocycles. The molecule has 1 aliphatic rings. The Kier molecular flexibility index (Phi) is 4.39. The van der Waals surface area contributed by atoms with Crippen LogP contribution in [0.15, 0.2) is 57.7 Å². The third-order valence-electron chi connectivity index (χ3n) is 5.65. The highest BCUT2D eigenvalue weighted by Crippen LogP contribution is 2.34. The molecule has 4 nitrogen and oxygen atoms in total. The van der Waals surface area contributed by atoms with E-state index in [2.05, 4.69) is 108 Å². The Bertz CT molecular complexity index is 1130. The van der Waals surface area contributed by atoms with Crippen LogP contribution in [0.5, 0.6) is 0 Å². The molecular weight excluding hydrogens is 468 g/mol. The van der Waals surface area contributed by atoms with Gasteiger partial charge in [-0.1, -0.05) is 44.0 Å². The minimum absolute atomic E-state index is 0.320. The van der Waals surface area contributed by atoms with Crippen LogP contribution in [0.2, 0.25) is 0 Å². The topological polar surface area (TPSA) is 46.9 Å². The van der Waals surface area contributed by atoms with Gasteiger partial charge in [0.15, 0.2) is 0 Å². The molecule has 0 radical (unpaired) electrons. The molecule has 27 heavy (non-hydrogen) atoms. The second-order valence-corrected chi connectivity index (χ2v) is 9.12. The standard InChI is InChI=1S/C21H20Br2N4/c1-27-11-20(16-8-24-18-6-12(22)2-4-14(16)18)26-10-21(27)17-9-25-19-7-13(23)3-5-15(17)19/h2-9,20-21,24-26H,10-11H2,1H3/t20-,21+/m0/s1. The summed E-state index contributed by atoms with van der Waals surface area (Å²) in [6, 6.07) is 13.6. The molecule has 1 saturated heterocycles. The Balaban J connectivity index is 1.43. The highest BCUT2D eigenvalue weighted by atomic mass is 79.9. The molecule has 4 aromatic rings. The first-order valence-electron chi connectivity index (χ1n) is 9.07. The van der Waals surface area contributed by atoms with Crippen LogP contribution in [0.4, 0.5) is 0 Å². The quantitative estimate of drug-likeness (QED) is 0.350. The molecule has 1 aliphatic heterocycles. The summed E-state index contributed by atoms with van der Waals surface area (Å²) >= 11 is 7.11. The fourth-order valence-electron chi connectivity index (χ4n) is 4.25. The number of halogens is 2. The Morgan fingerprint density at radius 2 is 1.48 bits per heavy atom. The second kappa shape index (κ2) is 6.78. The predicted octanol–water partition coefficient (Wildman–Crippen LogP) is 5.49. The van der Waals surface area contributed by atoms with E-state index in [1.165, 1.54) is 32.9 Å². The number of fused-ring (bicyclic) bond motifs is 2. The van der Waals surface area contributed by atoms with Gasteiger partial charge in [-0.15, -0.1) is 0 Å². The molecule has 0 saturated carbocycles. The van der Waals surface area contributed by atoms with Crippen molar-refractivity contribution in [1.29, 1.82) is 0 Å². The summed E-state index contributed by atoms with van der Waals surface area (Å²) in [5.41, 5.74) is 5.05. The van der Waals surface area contributed by atoms with E-state index in [-0.39, 0.29) is 0 Å². The number of nitrogens with one attached hydrogen (secondary N) is 3. The van der Waals surface area contributed by atoms with Crippen LogP contribution in [-0.2, 0) is 0 Å². The number of aromatic nitrogens is 2. The van der Waals surface area contributed by atoms with E-state index >= 15 is 0 Å². The smallest absolute Gasteiger partial charge is 0.0491 e. The van der Waals surface area contributed by atoms with E-state index in [0.29, 0.717) is 12.1 Å². The fourth-order valence-corrected chi connectivity index (χ4v) is 4.97. The van der Waals surface area contributed by atoms with Gasteiger partial charge in [0.25, 0.3) is 0 Å². The third-order valence-corrected chi connectivity index (χ3v) is 6.63. The number of hydrogen-bond donors (Lipinski definition) is 3. The van der Waals surface area contributed by atoms with Crippen molar-refractivity contribution in [3.05, 3.63) is 68.9 Å². The van der Waals surface area contributed by atoms with Crippen molar-refractivity contribution in [2.75, 3.05) is 20.1 Å². The average Bonchev–Trinajstić information content (AvgIpc) is 3.25. The minimum atomic E-state index is 0.320. The van der Waals surface area contributed by atoms with Gasteiger partial charge >= 0.3 is 0 Å². The van der Waals surface area contributed by atoms with Gasteiger partial charge in [0.1, 0.15) is 0 Å². The van der Waals surface area contributed by atoms with Gasteiger partial charge in [-0.2, -0.15) is 0 Å². The number of H-pyrrole nitrogens is 2. The van der Waals surface area contributed by atoms with E-state index in [1.54, 1.807) is 0 Å². The number of benzene rings is 2. The zero-order valence-corrected chi connectivity index (χ0v) is 18.1. The number of piperazine rings is 1. The summed E-state index contributed by atoms with van der Waals surface area (Å²) in [5.74, 6) is 0. The van der Waals surface area contributed by atoms with Gasteiger partial charge in [-0.25, -0.2) is 0 Å². The highest BCUT2D eigenvalue weighted by molar-refractivity contribution is 9.10. The van der Waals surface area contributed by atoms with Crippen LogP contribution in [0.1, 0.15) is 23.2 Å². The molecule has 2 aromatic carbocycles. The van der Waals surface area contributed by atoms with Crippen LogP contribution in [0.3, 0.4) is 0 Å². The lowest BCUT2D eigenvalue weighted by Crippen LogP contribution is -2.45. The van der Waals surface area contributed by atoms with Gasteiger partial charge in [0.2, 0.25) is 0 Å². The van der Waals surface area contributed by atoms with E-state index < -0.39 is 0 Å². The van der Waals surface area contributed by atoms with Gasteiger partial charge in [-0.3, -0.25) is 4.90 Å². The highest BCUT2D eigenvalue weighted by Gasteiger charge is 2.29. The molecule has 2 aromatic heterocycles. The summed E-state index contributed by atoms with van der Waals surface area (Å²) in [4.78, 5) is 9.29. The molecule has 1 fully saturated rings. The molecule has 2 atom stereocenters. The fraction of sp³-hybridized carbons (Fsp3) is 0.238. The largest absolute Gasteiger partial charge is 0.361 e. The predicted molar refractivity (Wildman–Crippen MR) is 118 cm³/mol. The molecule has 3 N–H and O–H groups in total. The van der Waals surface area contributed by atoms with E-state index in [1.807, 2.05) is 0 Å². The molecule has 5 rings (SSSR count). The van der Waals surface area contributed by atoms with Crippen molar-refractivity contribution >= 4 is 53.7 Å². The Morgan fingerprint density at radius 1 is 0.889 bits per heavy atom. The van der Waals surface area contributed by atoms with Crippen LogP contribution in [0, 0.1) is 0 Å². The van der Waals surface area contributed by atoms with Crippen molar-refractivity contribution in [3.63, 3.8) is 0 Å². The maximum Gasteiger partial charge on any atom is 0.0491 e. The first kappa shape index (κ1) is 17.5. The first-order valence-corrected chi connectivity index (χ1v) is 10.7. The molecule has 0 unspecified atom stereocenters. The van der Waals surface area contributed by atoms with Crippen LogP contribution in [0.25, 0.3) is 21.8 Å². The van der Waals surface area contributed by atoms with Crippen LogP contribution < -0.4 is 5.32 Å². The lowest BCUT2D eigenvalue weighted by atomic mass is 9.97. The summed E-state index contributed by atoms with van der Waals surface area (Å²) in [7, 11) is 2.22. The van der Waals surface area contributed by atoms with E-state index in [0.717, 1.165) is 22.0 Å². The van der Waals surface area contributed by atoms with Crippen LogP contribution in [-0.4, -0.2) is 35.0 Å². The zero-order valence-electron chi connectivity index (χ0n) is 14.9. The van der Waals surface area contributed by atoms with Crippen LogP contribution >= 0.6 is 31.9 Å². The van der Waals surface area contributed by atoms with Gasteiger partial charge in [0.05, 0.1) is 0 Å². The Hall–Kier alpha value is -1.60. The normalized spacial score (nSPS) is 21.3. The Labute approximate surface area is 174 Å². The maximum absolute atomic E-state index is 3.78. The molecule has 0 bridgehead atoms. The Morgan fingerprint density at radius 3 is 2.11 bits per heavy atom. The van der Waals surface area contributed by atoms with E-state index in [4.69, 9.17) is 0 Å². The summed E-state index contributed by atoms with van der Waals surface area (Å²) in [5, 5.41) is 6.37.